The lowest BCUT2D eigenvalue weighted by Gasteiger charge is -2.36. The lowest BCUT2D eigenvalue weighted by molar-refractivity contribution is 0.262. The zero-order valence-electron chi connectivity index (χ0n) is 10.1. The lowest BCUT2D eigenvalue weighted by atomic mass is 9.79. The molecule has 1 aromatic rings. The molecule has 1 saturated carbocycles. The summed E-state index contributed by atoms with van der Waals surface area (Å²) in [6, 6.07) is 1.31. The fourth-order valence-electron chi connectivity index (χ4n) is 3.29. The van der Waals surface area contributed by atoms with Crippen LogP contribution in [0.4, 0.5) is 5.13 Å². The van der Waals surface area contributed by atoms with E-state index in [9.17, 15) is 0 Å². The van der Waals surface area contributed by atoms with Crippen LogP contribution >= 0.6 is 11.3 Å². The molecule has 1 saturated heterocycles. The highest BCUT2D eigenvalue weighted by Gasteiger charge is 2.33. The molecule has 0 aromatic carbocycles. The summed E-state index contributed by atoms with van der Waals surface area (Å²) in [5.41, 5.74) is 1.80. The van der Waals surface area contributed by atoms with Gasteiger partial charge in [-0.05, 0) is 38.1 Å². The Balaban J connectivity index is 1.66. The van der Waals surface area contributed by atoms with E-state index in [0.717, 1.165) is 17.1 Å². The van der Waals surface area contributed by atoms with Gasteiger partial charge in [0.15, 0.2) is 0 Å². The average Bonchev–Trinajstić information content (AvgIpc) is 3.01. The van der Waals surface area contributed by atoms with Gasteiger partial charge in [-0.25, -0.2) is 0 Å². The van der Waals surface area contributed by atoms with E-state index in [1.807, 2.05) is 0 Å². The highest BCUT2D eigenvalue weighted by molar-refractivity contribution is 7.13. The quantitative estimate of drug-likeness (QED) is 0.866. The molecule has 0 amide bonds. The molecule has 2 N–H and O–H groups in total. The van der Waals surface area contributed by atoms with Crippen LogP contribution in [0.1, 0.15) is 38.5 Å². The van der Waals surface area contributed by atoms with Crippen molar-refractivity contribution in [1.82, 2.24) is 15.5 Å². The van der Waals surface area contributed by atoms with E-state index < -0.39 is 0 Å². The zero-order valence-corrected chi connectivity index (χ0v) is 10.9. The standard InChI is InChI=1S/C12H20N4S/c1-2-5-11(15-12-16-14-8-17-12)9(4-1)10-6-3-7-13-10/h8-11,13H,1-7H2,(H,15,16). The predicted molar refractivity (Wildman–Crippen MR) is 70.3 cm³/mol. The molecule has 0 bridgehead atoms. The minimum absolute atomic E-state index is 0.590. The number of hydrogen-bond donors (Lipinski definition) is 2. The van der Waals surface area contributed by atoms with Crippen LogP contribution in [0.5, 0.6) is 0 Å². The molecule has 2 heterocycles. The number of rotatable bonds is 3. The molecule has 3 rings (SSSR count). The summed E-state index contributed by atoms with van der Waals surface area (Å²) in [6.45, 7) is 1.20. The van der Waals surface area contributed by atoms with Crippen molar-refractivity contribution in [2.24, 2.45) is 5.92 Å². The maximum absolute atomic E-state index is 4.11. The van der Waals surface area contributed by atoms with Gasteiger partial charge < -0.3 is 10.6 Å². The third-order valence-electron chi connectivity index (χ3n) is 4.10. The van der Waals surface area contributed by atoms with Crippen molar-refractivity contribution in [2.75, 3.05) is 11.9 Å². The Morgan fingerprint density at radius 1 is 1.24 bits per heavy atom. The van der Waals surface area contributed by atoms with Crippen molar-refractivity contribution in [3.8, 4) is 0 Å². The Bertz CT molecular complexity index is 334. The normalized spacial score (nSPS) is 33.8. The fraction of sp³-hybridized carbons (Fsp3) is 0.833. The third-order valence-corrected chi connectivity index (χ3v) is 4.73. The Labute approximate surface area is 106 Å². The van der Waals surface area contributed by atoms with Gasteiger partial charge in [0.1, 0.15) is 5.51 Å². The number of nitrogens with one attached hydrogen (secondary N) is 2. The minimum atomic E-state index is 0.590. The molecule has 1 aliphatic carbocycles. The van der Waals surface area contributed by atoms with Crippen LogP contribution in [-0.4, -0.2) is 28.8 Å². The second kappa shape index (κ2) is 5.31. The third kappa shape index (κ3) is 2.60. The van der Waals surface area contributed by atoms with E-state index >= 15 is 0 Å². The molecule has 1 aromatic heterocycles. The maximum atomic E-state index is 4.11. The molecule has 5 heteroatoms. The lowest BCUT2D eigenvalue weighted by Crippen LogP contribution is -2.43. The molecule has 17 heavy (non-hydrogen) atoms. The van der Waals surface area contributed by atoms with E-state index in [1.165, 1.54) is 45.1 Å². The molecule has 1 aliphatic heterocycles. The van der Waals surface area contributed by atoms with Crippen molar-refractivity contribution in [3.05, 3.63) is 5.51 Å². The first kappa shape index (κ1) is 11.4. The van der Waals surface area contributed by atoms with Crippen molar-refractivity contribution in [2.45, 2.75) is 50.6 Å². The summed E-state index contributed by atoms with van der Waals surface area (Å²) in [5, 5.41) is 16.3. The van der Waals surface area contributed by atoms with Crippen LogP contribution < -0.4 is 10.6 Å². The smallest absolute Gasteiger partial charge is 0.205 e. The molecular weight excluding hydrogens is 232 g/mol. The fourth-order valence-corrected chi connectivity index (χ4v) is 3.80. The largest absolute Gasteiger partial charge is 0.357 e. The van der Waals surface area contributed by atoms with Crippen LogP contribution in [0.2, 0.25) is 0 Å². The molecule has 0 radical (unpaired) electrons. The zero-order chi connectivity index (χ0) is 11.5. The Hall–Kier alpha value is -0.680. The molecular formula is C12H20N4S. The first-order valence-electron chi connectivity index (χ1n) is 6.69. The van der Waals surface area contributed by atoms with Gasteiger partial charge in [-0.1, -0.05) is 24.2 Å². The number of hydrogen-bond acceptors (Lipinski definition) is 5. The summed E-state index contributed by atoms with van der Waals surface area (Å²) in [7, 11) is 0. The Morgan fingerprint density at radius 2 is 2.18 bits per heavy atom. The van der Waals surface area contributed by atoms with E-state index in [1.54, 1.807) is 16.8 Å². The van der Waals surface area contributed by atoms with Crippen LogP contribution in [-0.2, 0) is 0 Å². The summed E-state index contributed by atoms with van der Waals surface area (Å²) >= 11 is 1.61. The van der Waals surface area contributed by atoms with E-state index in [0.29, 0.717) is 6.04 Å². The number of aromatic nitrogens is 2. The molecule has 2 aliphatic rings. The van der Waals surface area contributed by atoms with Crippen molar-refractivity contribution in [1.29, 1.82) is 0 Å². The molecule has 2 fully saturated rings. The SMILES string of the molecule is c1nnc(NC2CCCCC2C2CCCN2)s1. The van der Waals surface area contributed by atoms with Gasteiger partial charge in [0.25, 0.3) is 0 Å². The van der Waals surface area contributed by atoms with Crippen molar-refractivity contribution in [3.63, 3.8) is 0 Å². The summed E-state index contributed by atoms with van der Waals surface area (Å²) < 4.78 is 0. The van der Waals surface area contributed by atoms with Crippen LogP contribution in [0.3, 0.4) is 0 Å². The monoisotopic (exact) mass is 252 g/mol. The van der Waals surface area contributed by atoms with Crippen LogP contribution in [0, 0.1) is 5.92 Å². The Kier molecular flexibility index (Phi) is 3.57. The van der Waals surface area contributed by atoms with Crippen molar-refractivity contribution >= 4 is 16.5 Å². The summed E-state index contributed by atoms with van der Waals surface area (Å²) in [6.07, 6.45) is 8.05. The van der Waals surface area contributed by atoms with E-state index in [4.69, 9.17) is 0 Å². The predicted octanol–water partition coefficient (Wildman–Crippen LogP) is 2.26. The highest BCUT2D eigenvalue weighted by Crippen LogP contribution is 2.32. The van der Waals surface area contributed by atoms with Gasteiger partial charge >= 0.3 is 0 Å². The van der Waals surface area contributed by atoms with Crippen molar-refractivity contribution < 1.29 is 0 Å². The minimum Gasteiger partial charge on any atom is -0.357 e. The van der Waals surface area contributed by atoms with E-state index in [2.05, 4.69) is 20.8 Å². The van der Waals surface area contributed by atoms with Crippen LogP contribution in [0.25, 0.3) is 0 Å². The van der Waals surface area contributed by atoms with Gasteiger partial charge in [-0.2, -0.15) is 0 Å². The first-order chi connectivity index (χ1) is 8.43. The second-order valence-corrected chi connectivity index (χ2v) is 5.98. The van der Waals surface area contributed by atoms with Gasteiger partial charge in [0.2, 0.25) is 5.13 Å². The average molecular weight is 252 g/mol. The number of nitrogens with zero attached hydrogens (tertiary/aromatic N) is 2. The van der Waals surface area contributed by atoms with Gasteiger partial charge in [-0.3, -0.25) is 0 Å². The molecule has 94 valence electrons. The summed E-state index contributed by atoms with van der Waals surface area (Å²) in [4.78, 5) is 0. The molecule has 4 nitrogen and oxygen atoms in total. The molecule has 3 unspecified atom stereocenters. The summed E-state index contributed by atoms with van der Waals surface area (Å²) in [5.74, 6) is 0.773. The molecule has 0 spiro atoms. The van der Waals surface area contributed by atoms with Gasteiger partial charge in [-0.15, -0.1) is 10.2 Å². The highest BCUT2D eigenvalue weighted by atomic mass is 32.1. The van der Waals surface area contributed by atoms with E-state index in [-0.39, 0.29) is 0 Å². The topological polar surface area (TPSA) is 49.8 Å². The molecule has 3 atom stereocenters. The van der Waals surface area contributed by atoms with Crippen LogP contribution in [0.15, 0.2) is 5.51 Å². The first-order valence-corrected chi connectivity index (χ1v) is 7.57. The van der Waals surface area contributed by atoms with Gasteiger partial charge in [0.05, 0.1) is 0 Å². The Morgan fingerprint density at radius 3 is 2.94 bits per heavy atom. The second-order valence-electron chi connectivity index (χ2n) is 5.15. The maximum Gasteiger partial charge on any atom is 0.205 e. The van der Waals surface area contributed by atoms with Gasteiger partial charge in [0, 0.05) is 12.1 Å². The number of anilines is 1.